The van der Waals surface area contributed by atoms with Crippen molar-refractivity contribution in [3.8, 4) is 0 Å². The Morgan fingerprint density at radius 1 is 1.30 bits per heavy atom. The Hall–Kier alpha value is -1.42. The first kappa shape index (κ1) is 13.6. The standard InChI is InChI=1S/C16H23N3O/c1-2-19-12-6-9-16(19)8-5-11-18(13-16)15(20)14-7-3-4-10-17-14/h3-4,7,10H,2,5-6,8-9,11-13H2,1H3/t16-/m0/s1. The molecule has 0 N–H and O–H groups in total. The molecule has 2 aliphatic rings. The molecular weight excluding hydrogens is 250 g/mol. The molecule has 108 valence electrons. The second-order valence-electron chi connectivity index (χ2n) is 5.95. The van der Waals surface area contributed by atoms with Crippen LogP contribution in [0.1, 0.15) is 43.1 Å². The number of hydrogen-bond acceptors (Lipinski definition) is 3. The van der Waals surface area contributed by atoms with Gasteiger partial charge in [-0.2, -0.15) is 0 Å². The molecule has 1 atom stereocenters. The zero-order chi connectivity index (χ0) is 14.0. The third-order valence-electron chi connectivity index (χ3n) is 4.85. The van der Waals surface area contributed by atoms with Gasteiger partial charge in [-0.1, -0.05) is 13.0 Å². The van der Waals surface area contributed by atoms with Crippen LogP contribution in [0.2, 0.25) is 0 Å². The van der Waals surface area contributed by atoms with Crippen LogP contribution in [-0.4, -0.2) is 52.4 Å². The van der Waals surface area contributed by atoms with Gasteiger partial charge < -0.3 is 4.90 Å². The summed E-state index contributed by atoms with van der Waals surface area (Å²) >= 11 is 0. The van der Waals surface area contributed by atoms with Gasteiger partial charge in [0.05, 0.1) is 0 Å². The summed E-state index contributed by atoms with van der Waals surface area (Å²) in [4.78, 5) is 21.4. The number of likely N-dealkylation sites (N-methyl/N-ethyl adjacent to an activating group) is 1. The Morgan fingerprint density at radius 2 is 2.10 bits per heavy atom. The van der Waals surface area contributed by atoms with Gasteiger partial charge in [0.2, 0.25) is 0 Å². The fraction of sp³-hybridized carbons (Fsp3) is 0.625. The molecule has 0 saturated carbocycles. The zero-order valence-corrected chi connectivity index (χ0v) is 12.2. The summed E-state index contributed by atoms with van der Waals surface area (Å²) in [6, 6.07) is 5.55. The van der Waals surface area contributed by atoms with Gasteiger partial charge in [-0.05, 0) is 50.9 Å². The first-order valence-electron chi connectivity index (χ1n) is 7.70. The first-order valence-corrected chi connectivity index (χ1v) is 7.70. The molecule has 4 heteroatoms. The highest BCUT2D eigenvalue weighted by Gasteiger charge is 2.44. The largest absolute Gasteiger partial charge is 0.335 e. The smallest absolute Gasteiger partial charge is 0.272 e. The van der Waals surface area contributed by atoms with E-state index >= 15 is 0 Å². The van der Waals surface area contributed by atoms with E-state index in [2.05, 4.69) is 16.8 Å². The third kappa shape index (κ3) is 2.33. The lowest BCUT2D eigenvalue weighted by Gasteiger charge is -2.45. The van der Waals surface area contributed by atoms with Crippen LogP contribution >= 0.6 is 0 Å². The topological polar surface area (TPSA) is 36.4 Å². The molecule has 4 nitrogen and oxygen atoms in total. The van der Waals surface area contributed by atoms with E-state index < -0.39 is 0 Å². The van der Waals surface area contributed by atoms with Crippen molar-refractivity contribution >= 4 is 5.91 Å². The monoisotopic (exact) mass is 273 g/mol. The number of nitrogens with zero attached hydrogens (tertiary/aromatic N) is 3. The molecule has 0 aliphatic carbocycles. The van der Waals surface area contributed by atoms with Crippen molar-refractivity contribution in [1.29, 1.82) is 0 Å². The number of pyridine rings is 1. The van der Waals surface area contributed by atoms with Crippen LogP contribution in [0.3, 0.4) is 0 Å². The molecule has 20 heavy (non-hydrogen) atoms. The fourth-order valence-corrected chi connectivity index (χ4v) is 3.89. The molecule has 0 unspecified atom stereocenters. The highest BCUT2D eigenvalue weighted by atomic mass is 16.2. The van der Waals surface area contributed by atoms with E-state index in [0.717, 1.165) is 26.1 Å². The zero-order valence-electron chi connectivity index (χ0n) is 12.2. The van der Waals surface area contributed by atoms with Gasteiger partial charge in [-0.3, -0.25) is 14.7 Å². The Morgan fingerprint density at radius 3 is 2.80 bits per heavy atom. The highest BCUT2D eigenvalue weighted by molar-refractivity contribution is 5.92. The number of hydrogen-bond donors (Lipinski definition) is 0. The van der Waals surface area contributed by atoms with E-state index in [1.54, 1.807) is 6.20 Å². The minimum atomic E-state index is 0.0904. The summed E-state index contributed by atoms with van der Waals surface area (Å²) in [7, 11) is 0. The minimum Gasteiger partial charge on any atom is -0.335 e. The Bertz CT molecular complexity index is 476. The lowest BCUT2D eigenvalue weighted by molar-refractivity contribution is 0.0341. The van der Waals surface area contributed by atoms with Gasteiger partial charge in [0.15, 0.2) is 0 Å². The van der Waals surface area contributed by atoms with Gasteiger partial charge in [0.1, 0.15) is 5.69 Å². The predicted octanol–water partition coefficient (Wildman–Crippen LogP) is 2.17. The molecule has 0 bridgehead atoms. The summed E-state index contributed by atoms with van der Waals surface area (Å²) in [6.45, 7) is 6.24. The Labute approximate surface area is 120 Å². The van der Waals surface area contributed by atoms with Crippen LogP contribution in [0.25, 0.3) is 0 Å². The maximum Gasteiger partial charge on any atom is 0.272 e. The second kappa shape index (κ2) is 5.52. The van der Waals surface area contributed by atoms with Crippen LogP contribution in [0, 0.1) is 0 Å². The molecule has 1 aromatic heterocycles. The summed E-state index contributed by atoms with van der Waals surface area (Å²) in [5, 5.41) is 0. The minimum absolute atomic E-state index is 0.0904. The van der Waals surface area contributed by atoms with E-state index in [4.69, 9.17) is 0 Å². The van der Waals surface area contributed by atoms with Crippen molar-refractivity contribution in [2.24, 2.45) is 0 Å². The van der Waals surface area contributed by atoms with Crippen LogP contribution < -0.4 is 0 Å². The Kier molecular flexibility index (Phi) is 3.74. The van der Waals surface area contributed by atoms with E-state index in [1.807, 2.05) is 23.1 Å². The van der Waals surface area contributed by atoms with E-state index in [1.165, 1.54) is 25.8 Å². The van der Waals surface area contributed by atoms with E-state index in [9.17, 15) is 4.79 Å². The van der Waals surface area contributed by atoms with Crippen LogP contribution in [-0.2, 0) is 0 Å². The average Bonchev–Trinajstić information content (AvgIpc) is 2.89. The molecule has 0 radical (unpaired) electrons. The summed E-state index contributed by atoms with van der Waals surface area (Å²) in [5.41, 5.74) is 0.808. The van der Waals surface area contributed by atoms with Crippen molar-refractivity contribution in [3.05, 3.63) is 30.1 Å². The SMILES string of the molecule is CCN1CCC[C@]12CCCN(C(=O)c1ccccn1)C2. The molecule has 1 aromatic rings. The number of aromatic nitrogens is 1. The molecule has 0 aromatic carbocycles. The number of piperidine rings is 1. The molecule has 1 amide bonds. The van der Waals surface area contributed by atoms with Crippen molar-refractivity contribution < 1.29 is 4.79 Å². The maximum atomic E-state index is 12.6. The number of amides is 1. The number of carbonyl (C=O) groups excluding carboxylic acids is 1. The number of rotatable bonds is 2. The number of carbonyl (C=O) groups is 1. The van der Waals surface area contributed by atoms with Gasteiger partial charge in [-0.15, -0.1) is 0 Å². The molecule has 2 aliphatic heterocycles. The predicted molar refractivity (Wildman–Crippen MR) is 78.6 cm³/mol. The molecular formula is C16H23N3O. The second-order valence-corrected chi connectivity index (χ2v) is 5.95. The first-order chi connectivity index (χ1) is 9.75. The molecule has 3 rings (SSSR count). The lowest BCUT2D eigenvalue weighted by Crippen LogP contribution is -2.56. The summed E-state index contributed by atoms with van der Waals surface area (Å²) in [6.07, 6.45) is 6.52. The van der Waals surface area contributed by atoms with Crippen molar-refractivity contribution in [3.63, 3.8) is 0 Å². The van der Waals surface area contributed by atoms with E-state index in [-0.39, 0.29) is 11.4 Å². The Balaban J connectivity index is 1.77. The molecule has 3 heterocycles. The van der Waals surface area contributed by atoms with Crippen LogP contribution in [0.15, 0.2) is 24.4 Å². The quantitative estimate of drug-likeness (QED) is 0.828. The maximum absolute atomic E-state index is 12.6. The summed E-state index contributed by atoms with van der Waals surface area (Å²) in [5.74, 6) is 0.0904. The van der Waals surface area contributed by atoms with Crippen LogP contribution in [0.5, 0.6) is 0 Å². The molecule has 2 fully saturated rings. The summed E-state index contributed by atoms with van der Waals surface area (Å²) < 4.78 is 0. The average molecular weight is 273 g/mol. The molecule has 2 saturated heterocycles. The van der Waals surface area contributed by atoms with Gasteiger partial charge in [-0.25, -0.2) is 0 Å². The van der Waals surface area contributed by atoms with Gasteiger partial charge >= 0.3 is 0 Å². The van der Waals surface area contributed by atoms with Crippen molar-refractivity contribution in [1.82, 2.24) is 14.8 Å². The fourth-order valence-electron chi connectivity index (χ4n) is 3.89. The van der Waals surface area contributed by atoms with Crippen LogP contribution in [0.4, 0.5) is 0 Å². The highest BCUT2D eigenvalue weighted by Crippen LogP contribution is 2.37. The lowest BCUT2D eigenvalue weighted by atomic mass is 9.86. The number of likely N-dealkylation sites (tertiary alicyclic amines) is 2. The normalized spacial score (nSPS) is 27.1. The van der Waals surface area contributed by atoms with Crippen molar-refractivity contribution in [2.75, 3.05) is 26.2 Å². The van der Waals surface area contributed by atoms with Gasteiger partial charge in [0.25, 0.3) is 5.91 Å². The molecule has 1 spiro atoms. The third-order valence-corrected chi connectivity index (χ3v) is 4.85. The van der Waals surface area contributed by atoms with Gasteiger partial charge in [0, 0.05) is 24.8 Å². The van der Waals surface area contributed by atoms with Crippen molar-refractivity contribution in [2.45, 2.75) is 38.1 Å². The van der Waals surface area contributed by atoms with E-state index in [0.29, 0.717) is 5.69 Å².